The Hall–Kier alpha value is -1.05. The summed E-state index contributed by atoms with van der Waals surface area (Å²) in [4.78, 5) is 0. The number of phenolic OH excluding ortho intramolecular Hbond substituents is 1. The van der Waals surface area contributed by atoms with E-state index in [4.69, 9.17) is 11.0 Å². The maximum Gasteiger partial charge on any atom is 0.139 e. The summed E-state index contributed by atoms with van der Waals surface area (Å²) in [6, 6.07) is 5.19. The predicted molar refractivity (Wildman–Crippen MR) is 74.0 cm³/mol. The van der Waals surface area contributed by atoms with Crippen molar-refractivity contribution in [3.63, 3.8) is 0 Å². The van der Waals surface area contributed by atoms with Gasteiger partial charge in [0.15, 0.2) is 0 Å². The number of hydrogen-bond donors (Lipinski definition) is 2. The van der Waals surface area contributed by atoms with Crippen LogP contribution in [0.3, 0.4) is 0 Å². The second-order valence-corrected chi connectivity index (χ2v) is 5.75. The Kier molecular flexibility index (Phi) is 4.26. The Morgan fingerprint density at radius 1 is 1.33 bits per heavy atom. The fourth-order valence-corrected chi connectivity index (χ4v) is 3.30. The number of rotatable bonds is 2. The first kappa shape index (κ1) is 13.4. The normalized spacial score (nSPS) is 18.3. The number of nitrogens with two attached hydrogens (primary N) is 1. The summed E-state index contributed by atoms with van der Waals surface area (Å²) in [5.41, 5.74) is 7.27. The van der Waals surface area contributed by atoms with Gasteiger partial charge >= 0.3 is 0 Å². The molecule has 1 aliphatic carbocycles. The largest absolute Gasteiger partial charge is 0.506 e. The monoisotopic (exact) mass is 308 g/mol. The van der Waals surface area contributed by atoms with Gasteiger partial charge in [-0.2, -0.15) is 5.26 Å². The lowest BCUT2D eigenvalue weighted by Crippen LogP contribution is -2.24. The molecule has 0 radical (unpaired) electrons. The van der Waals surface area contributed by atoms with E-state index in [1.807, 2.05) is 6.07 Å². The quantitative estimate of drug-likeness (QED) is 0.877. The number of phenols is 1. The first-order valence-corrected chi connectivity index (χ1v) is 7.11. The van der Waals surface area contributed by atoms with Gasteiger partial charge in [0.2, 0.25) is 0 Å². The average Bonchev–Trinajstić information content (AvgIpc) is 2.40. The van der Waals surface area contributed by atoms with E-state index in [0.717, 1.165) is 17.3 Å². The van der Waals surface area contributed by atoms with Crippen molar-refractivity contribution in [3.05, 3.63) is 27.7 Å². The predicted octanol–water partition coefficient (Wildman–Crippen LogP) is 3.61. The van der Waals surface area contributed by atoms with Crippen molar-refractivity contribution in [2.45, 2.75) is 38.1 Å². The van der Waals surface area contributed by atoms with Crippen molar-refractivity contribution in [2.75, 3.05) is 0 Å². The van der Waals surface area contributed by atoms with E-state index in [1.165, 1.54) is 19.3 Å². The molecule has 3 N–H and O–H groups in total. The molecule has 1 atom stereocenters. The van der Waals surface area contributed by atoms with Gasteiger partial charge in [-0.3, -0.25) is 0 Å². The standard InChI is InChI=1S/C14H17BrN2O/c15-11-7-6-10(8-16)14(18)12(11)13(17)9-4-2-1-3-5-9/h6-7,9,13,18H,1-5,17H2/t13-/m0/s1. The van der Waals surface area contributed by atoms with Crippen LogP contribution in [0.25, 0.3) is 0 Å². The third-order valence-electron chi connectivity index (χ3n) is 3.78. The molecule has 3 nitrogen and oxygen atoms in total. The second-order valence-electron chi connectivity index (χ2n) is 4.89. The SMILES string of the molecule is N#Cc1ccc(Br)c([C@@H](N)C2CCCCC2)c1O. The van der Waals surface area contributed by atoms with Crippen LogP contribution in [0, 0.1) is 17.2 Å². The molecule has 1 fully saturated rings. The molecule has 4 heteroatoms. The van der Waals surface area contributed by atoms with Crippen LogP contribution >= 0.6 is 15.9 Å². The molecule has 0 aromatic heterocycles. The van der Waals surface area contributed by atoms with Crippen LogP contribution in [-0.2, 0) is 0 Å². The van der Waals surface area contributed by atoms with Crippen molar-refractivity contribution in [2.24, 2.45) is 11.7 Å². The summed E-state index contributed by atoms with van der Waals surface area (Å²) < 4.78 is 0.789. The van der Waals surface area contributed by atoms with Gasteiger partial charge in [-0.05, 0) is 30.9 Å². The Bertz CT molecular complexity index is 475. The molecule has 0 saturated heterocycles. The molecule has 1 aromatic rings. The number of benzene rings is 1. The fraction of sp³-hybridized carbons (Fsp3) is 0.500. The van der Waals surface area contributed by atoms with E-state index >= 15 is 0 Å². The van der Waals surface area contributed by atoms with E-state index in [2.05, 4.69) is 15.9 Å². The molecule has 0 bridgehead atoms. The molecular weight excluding hydrogens is 292 g/mol. The molecule has 0 amide bonds. The van der Waals surface area contributed by atoms with Crippen LogP contribution in [0.15, 0.2) is 16.6 Å². The highest BCUT2D eigenvalue weighted by Gasteiger charge is 2.26. The second kappa shape index (κ2) is 5.73. The van der Waals surface area contributed by atoms with E-state index < -0.39 is 0 Å². The van der Waals surface area contributed by atoms with Crippen molar-refractivity contribution >= 4 is 15.9 Å². The van der Waals surface area contributed by atoms with Gasteiger partial charge in [0, 0.05) is 16.1 Å². The van der Waals surface area contributed by atoms with Crippen LogP contribution in [0.5, 0.6) is 5.75 Å². The molecule has 1 aliphatic rings. The lowest BCUT2D eigenvalue weighted by molar-refractivity contribution is 0.302. The molecule has 0 spiro atoms. The van der Waals surface area contributed by atoms with Gasteiger partial charge in [0.1, 0.15) is 11.8 Å². The first-order chi connectivity index (χ1) is 8.65. The minimum atomic E-state index is -0.201. The first-order valence-electron chi connectivity index (χ1n) is 6.32. The summed E-state index contributed by atoms with van der Waals surface area (Å²) in [6.45, 7) is 0. The van der Waals surface area contributed by atoms with Gasteiger partial charge in [0.25, 0.3) is 0 Å². The maximum absolute atomic E-state index is 10.1. The molecule has 18 heavy (non-hydrogen) atoms. The van der Waals surface area contributed by atoms with Gasteiger partial charge < -0.3 is 10.8 Å². The van der Waals surface area contributed by atoms with E-state index in [0.29, 0.717) is 17.0 Å². The minimum absolute atomic E-state index is 0.0324. The van der Waals surface area contributed by atoms with Crippen molar-refractivity contribution < 1.29 is 5.11 Å². The third kappa shape index (κ3) is 2.52. The van der Waals surface area contributed by atoms with Gasteiger partial charge in [0.05, 0.1) is 5.56 Å². The number of halogens is 1. The van der Waals surface area contributed by atoms with E-state index in [-0.39, 0.29) is 11.8 Å². The van der Waals surface area contributed by atoms with Crippen molar-refractivity contribution in [3.8, 4) is 11.8 Å². The molecule has 2 rings (SSSR count). The summed E-state index contributed by atoms with van der Waals surface area (Å²) in [6.07, 6.45) is 5.88. The Morgan fingerprint density at radius 2 is 2.00 bits per heavy atom. The Morgan fingerprint density at radius 3 is 2.61 bits per heavy atom. The minimum Gasteiger partial charge on any atom is -0.506 e. The Labute approximate surface area is 116 Å². The topological polar surface area (TPSA) is 70.0 Å². The van der Waals surface area contributed by atoms with Crippen LogP contribution < -0.4 is 5.73 Å². The molecule has 1 aromatic carbocycles. The van der Waals surface area contributed by atoms with Crippen LogP contribution in [-0.4, -0.2) is 5.11 Å². The zero-order chi connectivity index (χ0) is 13.1. The van der Waals surface area contributed by atoms with Crippen molar-refractivity contribution in [1.29, 1.82) is 5.26 Å². The highest BCUT2D eigenvalue weighted by molar-refractivity contribution is 9.10. The number of nitriles is 1. The summed E-state index contributed by atoms with van der Waals surface area (Å²) in [5.74, 6) is 0.430. The highest BCUT2D eigenvalue weighted by Crippen LogP contribution is 2.40. The highest BCUT2D eigenvalue weighted by atomic mass is 79.9. The lowest BCUT2D eigenvalue weighted by Gasteiger charge is -2.29. The molecular formula is C14H17BrN2O. The fourth-order valence-electron chi connectivity index (χ4n) is 2.72. The molecule has 1 saturated carbocycles. The molecule has 0 aliphatic heterocycles. The van der Waals surface area contributed by atoms with Gasteiger partial charge in [-0.25, -0.2) is 0 Å². The summed E-state index contributed by atoms with van der Waals surface area (Å²) in [5, 5.41) is 19.1. The van der Waals surface area contributed by atoms with Gasteiger partial charge in [-0.1, -0.05) is 35.2 Å². The smallest absolute Gasteiger partial charge is 0.139 e. The molecule has 0 unspecified atom stereocenters. The van der Waals surface area contributed by atoms with Crippen LogP contribution in [0.1, 0.15) is 49.3 Å². The summed E-state index contributed by atoms with van der Waals surface area (Å²) >= 11 is 3.43. The number of hydrogen-bond acceptors (Lipinski definition) is 3. The van der Waals surface area contributed by atoms with E-state index in [9.17, 15) is 5.11 Å². The zero-order valence-electron chi connectivity index (χ0n) is 10.2. The number of nitrogens with zero attached hydrogens (tertiary/aromatic N) is 1. The average molecular weight is 309 g/mol. The maximum atomic E-state index is 10.1. The third-order valence-corrected chi connectivity index (χ3v) is 4.47. The summed E-state index contributed by atoms with van der Waals surface area (Å²) in [7, 11) is 0. The van der Waals surface area contributed by atoms with Gasteiger partial charge in [-0.15, -0.1) is 0 Å². The lowest BCUT2D eigenvalue weighted by atomic mass is 9.81. The van der Waals surface area contributed by atoms with E-state index in [1.54, 1.807) is 12.1 Å². The zero-order valence-corrected chi connectivity index (χ0v) is 11.8. The van der Waals surface area contributed by atoms with Crippen LogP contribution in [0.4, 0.5) is 0 Å². The molecule has 0 heterocycles. The Balaban J connectivity index is 2.34. The molecule has 96 valence electrons. The van der Waals surface area contributed by atoms with Crippen molar-refractivity contribution in [1.82, 2.24) is 0 Å². The van der Waals surface area contributed by atoms with Crippen LogP contribution in [0.2, 0.25) is 0 Å². The number of aromatic hydroxyl groups is 1.